The van der Waals surface area contributed by atoms with Gasteiger partial charge in [0, 0.05) is 50.8 Å². The molecule has 0 radical (unpaired) electrons. The van der Waals surface area contributed by atoms with Crippen LogP contribution in [0.2, 0.25) is 5.02 Å². The average molecular weight is 591 g/mol. The summed E-state index contributed by atoms with van der Waals surface area (Å²) in [6.07, 6.45) is 9.59. The number of anilines is 2. The highest BCUT2D eigenvalue weighted by Crippen LogP contribution is 2.31. The lowest BCUT2D eigenvalue weighted by atomic mass is 9.93. The molecule has 0 saturated carbocycles. The molecular weight excluding hydrogens is 556 g/mol. The molecule has 5 rings (SSSR count). The molecule has 2 aliphatic heterocycles. The topological polar surface area (TPSA) is 117 Å². The van der Waals surface area contributed by atoms with Gasteiger partial charge in [0.15, 0.2) is 5.82 Å². The fraction of sp³-hybridized carbons (Fsp3) is 0.367. The molecule has 11 nitrogen and oxygen atoms in total. The van der Waals surface area contributed by atoms with E-state index in [1.807, 2.05) is 49.5 Å². The van der Waals surface area contributed by atoms with Gasteiger partial charge in [0.05, 0.1) is 22.5 Å². The Hall–Kier alpha value is -4.38. The van der Waals surface area contributed by atoms with Crippen LogP contribution in [0.25, 0.3) is 5.82 Å². The summed E-state index contributed by atoms with van der Waals surface area (Å²) in [5.74, 6) is 1.01. The Morgan fingerprint density at radius 3 is 2.57 bits per heavy atom. The molecule has 1 saturated heterocycles. The summed E-state index contributed by atoms with van der Waals surface area (Å²) < 4.78 is 7.09. The number of piperidine rings is 1. The first kappa shape index (κ1) is 29.1. The minimum atomic E-state index is -0.602. The first-order chi connectivity index (χ1) is 20.3. The molecule has 3 aromatic rings. The maximum absolute atomic E-state index is 13.1. The molecule has 42 heavy (non-hydrogen) atoms. The molecule has 12 heteroatoms. The second-order valence-electron chi connectivity index (χ2n) is 10.5. The Kier molecular flexibility index (Phi) is 9.06. The van der Waals surface area contributed by atoms with Gasteiger partial charge in [-0.2, -0.15) is 4.68 Å². The minimum absolute atomic E-state index is 0.0401. The molecule has 2 amide bonds. The van der Waals surface area contributed by atoms with Crippen molar-refractivity contribution in [3.8, 4) is 5.88 Å². The lowest BCUT2D eigenvalue weighted by Gasteiger charge is -2.33. The fourth-order valence-corrected chi connectivity index (χ4v) is 5.22. The van der Waals surface area contributed by atoms with Crippen molar-refractivity contribution in [1.82, 2.24) is 25.0 Å². The molecule has 220 valence electrons. The van der Waals surface area contributed by atoms with Gasteiger partial charge >= 0.3 is 6.09 Å². The third-order valence-corrected chi connectivity index (χ3v) is 8.03. The summed E-state index contributed by atoms with van der Waals surface area (Å²) in [6.45, 7) is 6.19. The average Bonchev–Trinajstić information content (AvgIpc) is 3.29. The molecule has 4 heterocycles. The Morgan fingerprint density at radius 1 is 1.12 bits per heavy atom. The lowest BCUT2D eigenvalue weighted by Crippen LogP contribution is -2.35. The molecule has 0 aliphatic carbocycles. The van der Waals surface area contributed by atoms with Gasteiger partial charge < -0.3 is 25.2 Å². The van der Waals surface area contributed by atoms with E-state index in [2.05, 4.69) is 30.6 Å². The summed E-state index contributed by atoms with van der Waals surface area (Å²) in [7, 11) is 1.92. The van der Waals surface area contributed by atoms with Crippen LogP contribution in [0.4, 0.5) is 16.3 Å². The SMILES string of the molecule is Cc1c(OC(=O)NCCC2CCN(c3ccncc3)CC2)nn(C2=CC(C)N(C)C=N2)c1NC(=O)c1ccccc1Cl. The van der Waals surface area contributed by atoms with Crippen molar-refractivity contribution in [3.05, 3.63) is 71.0 Å². The van der Waals surface area contributed by atoms with E-state index < -0.39 is 12.0 Å². The van der Waals surface area contributed by atoms with E-state index in [4.69, 9.17) is 16.3 Å². The van der Waals surface area contributed by atoms with Crippen LogP contribution < -0.4 is 20.3 Å². The summed E-state index contributed by atoms with van der Waals surface area (Å²) in [6, 6.07) is 10.9. The second kappa shape index (κ2) is 13.1. The number of carbonyl (C=O) groups is 2. The molecule has 0 bridgehead atoms. The second-order valence-corrected chi connectivity index (χ2v) is 10.9. The predicted molar refractivity (Wildman–Crippen MR) is 164 cm³/mol. The molecule has 2 N–H and O–H groups in total. The van der Waals surface area contributed by atoms with Crippen LogP contribution in [-0.4, -0.2) is 70.7 Å². The van der Waals surface area contributed by atoms with Crippen molar-refractivity contribution in [1.29, 1.82) is 0 Å². The standard InChI is InChI=1S/C30H35ClN8O3/c1-20-18-26(34-19-37(20)3)39-27(35-28(40)24-6-4-5-7-25(24)31)21(2)29(36-39)42-30(41)33-15-8-22-11-16-38(17-12-22)23-9-13-32-14-10-23/h4-7,9-10,13-14,18-20,22H,8,11-12,15-17H2,1-3H3,(H,33,41)(H,35,40). The molecule has 2 aromatic heterocycles. The predicted octanol–water partition coefficient (Wildman–Crippen LogP) is 5.05. The summed E-state index contributed by atoms with van der Waals surface area (Å²) in [5, 5.41) is 10.6. The molecular formula is C30H35ClN8O3. The van der Waals surface area contributed by atoms with Gasteiger partial charge in [-0.15, -0.1) is 5.10 Å². The number of hydrogen-bond acceptors (Lipinski definition) is 8. The number of ether oxygens (including phenoxy) is 1. The number of carbonyl (C=O) groups excluding carboxylic acids is 2. The number of pyridine rings is 1. The highest BCUT2D eigenvalue weighted by molar-refractivity contribution is 6.34. The van der Waals surface area contributed by atoms with Crippen LogP contribution in [0.15, 0.2) is 59.9 Å². The summed E-state index contributed by atoms with van der Waals surface area (Å²) in [5.41, 5.74) is 1.99. The van der Waals surface area contributed by atoms with Crippen molar-refractivity contribution in [3.63, 3.8) is 0 Å². The Labute approximate surface area is 250 Å². The van der Waals surface area contributed by atoms with E-state index >= 15 is 0 Å². The van der Waals surface area contributed by atoms with Crippen molar-refractivity contribution >= 4 is 47.3 Å². The molecule has 1 atom stereocenters. The number of nitrogens with zero attached hydrogens (tertiary/aromatic N) is 6. The number of aromatic nitrogens is 3. The van der Waals surface area contributed by atoms with E-state index in [1.165, 1.54) is 10.4 Å². The van der Waals surface area contributed by atoms with Crippen LogP contribution >= 0.6 is 11.6 Å². The van der Waals surface area contributed by atoms with Crippen LogP contribution in [-0.2, 0) is 0 Å². The van der Waals surface area contributed by atoms with Crippen molar-refractivity contribution in [2.45, 2.75) is 39.2 Å². The quantitative estimate of drug-likeness (QED) is 0.377. The van der Waals surface area contributed by atoms with Gasteiger partial charge in [-0.25, -0.2) is 9.79 Å². The van der Waals surface area contributed by atoms with E-state index in [1.54, 1.807) is 37.5 Å². The summed E-state index contributed by atoms with van der Waals surface area (Å²) in [4.78, 5) is 38.8. The van der Waals surface area contributed by atoms with Crippen LogP contribution in [0.1, 0.15) is 42.1 Å². The lowest BCUT2D eigenvalue weighted by molar-refractivity contribution is 0.102. The number of rotatable bonds is 8. The highest BCUT2D eigenvalue weighted by Gasteiger charge is 2.25. The molecule has 2 aliphatic rings. The van der Waals surface area contributed by atoms with Crippen LogP contribution in [0, 0.1) is 12.8 Å². The highest BCUT2D eigenvalue weighted by atomic mass is 35.5. The van der Waals surface area contributed by atoms with Crippen LogP contribution in [0.5, 0.6) is 5.88 Å². The molecule has 0 spiro atoms. The summed E-state index contributed by atoms with van der Waals surface area (Å²) >= 11 is 6.26. The number of benzene rings is 1. The van der Waals surface area contributed by atoms with Crippen molar-refractivity contribution in [2.75, 3.05) is 36.9 Å². The zero-order valence-electron chi connectivity index (χ0n) is 24.0. The van der Waals surface area contributed by atoms with Gasteiger partial charge in [-0.1, -0.05) is 23.7 Å². The molecule has 1 aromatic carbocycles. The first-order valence-electron chi connectivity index (χ1n) is 14.0. The van der Waals surface area contributed by atoms with Crippen LogP contribution in [0.3, 0.4) is 0 Å². The number of halogens is 1. The number of nitrogens with one attached hydrogen (secondary N) is 2. The zero-order valence-corrected chi connectivity index (χ0v) is 24.7. The third kappa shape index (κ3) is 6.73. The van der Waals surface area contributed by atoms with Gasteiger partial charge in [-0.3, -0.25) is 9.78 Å². The number of aliphatic imine (C=N–C) groups is 1. The normalized spacial score (nSPS) is 17.1. The van der Waals surface area contributed by atoms with E-state index in [0.717, 1.165) is 32.4 Å². The minimum Gasteiger partial charge on any atom is -0.389 e. The van der Waals surface area contributed by atoms with E-state index in [-0.39, 0.29) is 11.9 Å². The van der Waals surface area contributed by atoms with Crippen molar-refractivity contribution < 1.29 is 14.3 Å². The molecule has 1 fully saturated rings. The Morgan fingerprint density at radius 2 is 1.86 bits per heavy atom. The fourth-order valence-electron chi connectivity index (χ4n) is 5.00. The number of hydrogen-bond donors (Lipinski definition) is 2. The largest absolute Gasteiger partial charge is 0.414 e. The molecule has 1 unspecified atom stereocenters. The smallest absolute Gasteiger partial charge is 0.389 e. The monoisotopic (exact) mass is 590 g/mol. The Balaban J connectivity index is 1.23. The van der Waals surface area contributed by atoms with Gasteiger partial charge in [-0.05, 0) is 69.4 Å². The Bertz CT molecular complexity index is 1480. The van der Waals surface area contributed by atoms with E-state index in [0.29, 0.717) is 40.3 Å². The maximum Gasteiger partial charge on any atom is 0.414 e. The van der Waals surface area contributed by atoms with E-state index in [9.17, 15) is 9.59 Å². The van der Waals surface area contributed by atoms with Gasteiger partial charge in [0.25, 0.3) is 5.91 Å². The third-order valence-electron chi connectivity index (χ3n) is 7.70. The number of amides is 2. The number of likely N-dealkylation sites (N-methyl/N-ethyl adjacent to an activating group) is 1. The van der Waals surface area contributed by atoms with Gasteiger partial charge in [0.1, 0.15) is 5.82 Å². The first-order valence-corrected chi connectivity index (χ1v) is 14.4. The van der Waals surface area contributed by atoms with Crippen molar-refractivity contribution in [2.24, 2.45) is 10.9 Å². The zero-order chi connectivity index (χ0) is 29.6. The maximum atomic E-state index is 13.1. The van der Waals surface area contributed by atoms with Gasteiger partial charge in [0.2, 0.25) is 5.88 Å².